The van der Waals surface area contributed by atoms with Gasteiger partial charge in [0.15, 0.2) is 0 Å². The van der Waals surface area contributed by atoms with Crippen LogP contribution in [0.3, 0.4) is 0 Å². The Labute approximate surface area is 142 Å². The molecule has 3 rings (SSSR count). The van der Waals surface area contributed by atoms with E-state index < -0.39 is 0 Å². The minimum Gasteiger partial charge on any atom is -0.491 e. The quantitative estimate of drug-likeness (QED) is 0.820. The highest BCUT2D eigenvalue weighted by Crippen LogP contribution is 2.19. The van der Waals surface area contributed by atoms with Crippen molar-refractivity contribution >= 4 is 17.3 Å². The Balaban J connectivity index is 1.46. The third-order valence-corrected chi connectivity index (χ3v) is 3.80. The molecular formula is C19H22N2O3. The number of amides is 1. The van der Waals surface area contributed by atoms with Gasteiger partial charge in [-0.3, -0.25) is 4.79 Å². The number of nitrogens with one attached hydrogen (secondary N) is 2. The zero-order chi connectivity index (χ0) is 16.6. The number of anilines is 2. The van der Waals surface area contributed by atoms with Crippen molar-refractivity contribution in [2.24, 2.45) is 0 Å². The van der Waals surface area contributed by atoms with Crippen LogP contribution in [0.15, 0.2) is 54.6 Å². The Morgan fingerprint density at radius 2 is 1.96 bits per heavy atom. The molecule has 1 unspecified atom stereocenters. The van der Waals surface area contributed by atoms with Crippen molar-refractivity contribution in [3.63, 3.8) is 0 Å². The Morgan fingerprint density at radius 1 is 1.12 bits per heavy atom. The molecule has 0 spiro atoms. The molecule has 1 heterocycles. The molecule has 5 nitrogen and oxygen atoms in total. The fourth-order valence-corrected chi connectivity index (χ4v) is 2.57. The zero-order valence-electron chi connectivity index (χ0n) is 13.5. The highest BCUT2D eigenvalue weighted by molar-refractivity contribution is 5.93. The molecule has 1 aliphatic heterocycles. The fourth-order valence-electron chi connectivity index (χ4n) is 2.57. The number of ether oxygens (including phenoxy) is 2. The predicted octanol–water partition coefficient (Wildman–Crippen LogP) is 3.30. The highest BCUT2D eigenvalue weighted by Gasteiger charge is 2.15. The van der Waals surface area contributed by atoms with E-state index in [4.69, 9.17) is 9.47 Å². The Hall–Kier alpha value is -2.53. The second-order valence-electron chi connectivity index (χ2n) is 5.74. The van der Waals surface area contributed by atoms with E-state index in [0.717, 1.165) is 36.6 Å². The summed E-state index contributed by atoms with van der Waals surface area (Å²) in [6, 6.07) is 17.0. The van der Waals surface area contributed by atoms with Gasteiger partial charge < -0.3 is 20.1 Å². The van der Waals surface area contributed by atoms with Gasteiger partial charge in [0, 0.05) is 24.0 Å². The molecule has 1 saturated heterocycles. The molecule has 0 aliphatic carbocycles. The normalized spacial score (nSPS) is 16.6. The van der Waals surface area contributed by atoms with Gasteiger partial charge in [-0.1, -0.05) is 24.3 Å². The number of carbonyl (C=O) groups excluding carboxylic acids is 1. The summed E-state index contributed by atoms with van der Waals surface area (Å²) < 4.78 is 11.3. The maximum absolute atomic E-state index is 11.9. The summed E-state index contributed by atoms with van der Waals surface area (Å²) in [5.74, 6) is 0.686. The number of carbonyl (C=O) groups is 1. The topological polar surface area (TPSA) is 59.6 Å². The van der Waals surface area contributed by atoms with Crippen molar-refractivity contribution in [3.8, 4) is 5.75 Å². The predicted molar refractivity (Wildman–Crippen MR) is 94.5 cm³/mol. The van der Waals surface area contributed by atoms with E-state index in [2.05, 4.69) is 10.6 Å². The van der Waals surface area contributed by atoms with Gasteiger partial charge in [0.25, 0.3) is 0 Å². The van der Waals surface area contributed by atoms with Crippen LogP contribution in [-0.4, -0.2) is 31.8 Å². The SMILES string of the molecule is O=C(CNc1cccc(OCC2CCCO2)c1)Nc1ccccc1. The van der Waals surface area contributed by atoms with Crippen LogP contribution >= 0.6 is 0 Å². The summed E-state index contributed by atoms with van der Waals surface area (Å²) in [6.07, 6.45) is 2.35. The number of hydrogen-bond acceptors (Lipinski definition) is 4. The lowest BCUT2D eigenvalue weighted by Crippen LogP contribution is -2.21. The molecule has 2 aromatic carbocycles. The van der Waals surface area contributed by atoms with Crippen LogP contribution in [0.1, 0.15) is 12.8 Å². The number of para-hydroxylation sites is 1. The average Bonchev–Trinajstić information content (AvgIpc) is 3.13. The van der Waals surface area contributed by atoms with Crippen LogP contribution in [0.25, 0.3) is 0 Å². The first-order valence-electron chi connectivity index (χ1n) is 8.23. The van der Waals surface area contributed by atoms with Gasteiger partial charge in [-0.2, -0.15) is 0 Å². The van der Waals surface area contributed by atoms with Gasteiger partial charge in [0.2, 0.25) is 5.91 Å². The third kappa shape index (κ3) is 4.99. The molecule has 1 fully saturated rings. The summed E-state index contributed by atoms with van der Waals surface area (Å²) in [4.78, 5) is 11.9. The van der Waals surface area contributed by atoms with Crippen molar-refractivity contribution in [2.75, 3.05) is 30.4 Å². The van der Waals surface area contributed by atoms with Gasteiger partial charge in [-0.05, 0) is 37.1 Å². The van der Waals surface area contributed by atoms with E-state index >= 15 is 0 Å². The number of hydrogen-bond donors (Lipinski definition) is 2. The van der Waals surface area contributed by atoms with E-state index in [1.165, 1.54) is 0 Å². The number of benzene rings is 2. The summed E-state index contributed by atoms with van der Waals surface area (Å²) in [5.41, 5.74) is 1.64. The van der Waals surface area contributed by atoms with Crippen LogP contribution in [0.4, 0.5) is 11.4 Å². The monoisotopic (exact) mass is 326 g/mol. The first-order chi connectivity index (χ1) is 11.8. The molecule has 1 atom stereocenters. The first-order valence-corrected chi connectivity index (χ1v) is 8.23. The van der Waals surface area contributed by atoms with E-state index in [1.54, 1.807) is 0 Å². The molecular weight excluding hydrogens is 304 g/mol. The molecule has 0 saturated carbocycles. The van der Waals surface area contributed by atoms with Gasteiger partial charge in [-0.15, -0.1) is 0 Å². The molecule has 1 aliphatic rings. The first kappa shape index (κ1) is 16.3. The molecule has 0 bridgehead atoms. The van der Waals surface area contributed by atoms with Crippen molar-refractivity contribution in [3.05, 3.63) is 54.6 Å². The fraction of sp³-hybridized carbons (Fsp3) is 0.316. The molecule has 5 heteroatoms. The second kappa shape index (κ2) is 8.36. The third-order valence-electron chi connectivity index (χ3n) is 3.80. The van der Waals surface area contributed by atoms with Gasteiger partial charge in [0.1, 0.15) is 12.4 Å². The lowest BCUT2D eigenvalue weighted by molar-refractivity contribution is -0.114. The Bertz CT molecular complexity index is 655. The highest BCUT2D eigenvalue weighted by atomic mass is 16.5. The standard InChI is InChI=1S/C19H22N2O3/c22-19(21-15-6-2-1-3-7-15)13-20-16-8-4-9-17(12-16)24-14-18-10-5-11-23-18/h1-4,6-9,12,18,20H,5,10-11,13-14H2,(H,21,22). The summed E-state index contributed by atoms with van der Waals surface area (Å²) in [6.45, 7) is 1.59. The maximum Gasteiger partial charge on any atom is 0.243 e. The van der Waals surface area contributed by atoms with Gasteiger partial charge in [-0.25, -0.2) is 0 Å². The molecule has 2 aromatic rings. The molecule has 0 aromatic heterocycles. The zero-order valence-corrected chi connectivity index (χ0v) is 13.5. The van der Waals surface area contributed by atoms with Crippen LogP contribution in [0, 0.1) is 0 Å². The van der Waals surface area contributed by atoms with Crippen LogP contribution in [0.5, 0.6) is 5.75 Å². The Morgan fingerprint density at radius 3 is 2.75 bits per heavy atom. The molecule has 0 radical (unpaired) electrons. The molecule has 2 N–H and O–H groups in total. The molecule has 24 heavy (non-hydrogen) atoms. The van der Waals surface area contributed by atoms with Crippen molar-refractivity contribution in [1.82, 2.24) is 0 Å². The summed E-state index contributed by atoms with van der Waals surface area (Å²) >= 11 is 0. The summed E-state index contributed by atoms with van der Waals surface area (Å²) in [5, 5.41) is 5.95. The summed E-state index contributed by atoms with van der Waals surface area (Å²) in [7, 11) is 0. The Kier molecular flexibility index (Phi) is 5.69. The van der Waals surface area contributed by atoms with E-state index in [1.807, 2.05) is 54.6 Å². The van der Waals surface area contributed by atoms with Gasteiger partial charge >= 0.3 is 0 Å². The number of rotatable bonds is 7. The lowest BCUT2D eigenvalue weighted by atomic mass is 10.2. The molecule has 126 valence electrons. The van der Waals surface area contributed by atoms with Crippen molar-refractivity contribution < 1.29 is 14.3 Å². The minimum atomic E-state index is -0.0909. The largest absolute Gasteiger partial charge is 0.491 e. The minimum absolute atomic E-state index is 0.0909. The second-order valence-corrected chi connectivity index (χ2v) is 5.74. The maximum atomic E-state index is 11.9. The average molecular weight is 326 g/mol. The van der Waals surface area contributed by atoms with Gasteiger partial charge in [0.05, 0.1) is 12.6 Å². The van der Waals surface area contributed by atoms with E-state index in [9.17, 15) is 4.79 Å². The van der Waals surface area contributed by atoms with Crippen molar-refractivity contribution in [1.29, 1.82) is 0 Å². The van der Waals surface area contributed by atoms with E-state index in [-0.39, 0.29) is 18.6 Å². The smallest absolute Gasteiger partial charge is 0.243 e. The van der Waals surface area contributed by atoms with Crippen LogP contribution in [-0.2, 0) is 9.53 Å². The lowest BCUT2D eigenvalue weighted by Gasteiger charge is -2.13. The van der Waals surface area contributed by atoms with Crippen molar-refractivity contribution in [2.45, 2.75) is 18.9 Å². The van der Waals surface area contributed by atoms with Crippen LogP contribution in [0.2, 0.25) is 0 Å². The van der Waals surface area contributed by atoms with E-state index in [0.29, 0.717) is 6.61 Å². The van der Waals surface area contributed by atoms with Crippen LogP contribution < -0.4 is 15.4 Å². The molecule has 1 amide bonds.